The second kappa shape index (κ2) is 6.25. The molecule has 0 amide bonds. The van der Waals surface area contributed by atoms with E-state index in [2.05, 4.69) is 0 Å². The highest BCUT2D eigenvalue weighted by atomic mass is 32.2. The van der Waals surface area contributed by atoms with E-state index in [1.54, 1.807) is 12.1 Å². The van der Waals surface area contributed by atoms with Crippen LogP contribution in [0.5, 0.6) is 17.2 Å². The maximum atomic E-state index is 12.6. The fraction of sp³-hybridized carbons (Fsp3) is 0.167. The Labute approximate surface area is 145 Å². The van der Waals surface area contributed by atoms with E-state index in [-0.39, 0.29) is 44.8 Å². The van der Waals surface area contributed by atoms with Crippen molar-refractivity contribution < 1.29 is 27.8 Å². The summed E-state index contributed by atoms with van der Waals surface area (Å²) in [4.78, 5) is 12.7. The van der Waals surface area contributed by atoms with E-state index in [1.165, 1.54) is 44.6 Å². The number of benzene rings is 2. The van der Waals surface area contributed by atoms with Crippen LogP contribution in [0.3, 0.4) is 0 Å². The zero-order valence-electron chi connectivity index (χ0n) is 13.6. The SMILES string of the molecule is COc1cc(/C=C2\CS(=O)(=O)c3ccccc3C2=O)cc(OC)c1O. The van der Waals surface area contributed by atoms with E-state index in [1.807, 2.05) is 0 Å². The first-order chi connectivity index (χ1) is 11.9. The Morgan fingerprint density at radius 2 is 1.68 bits per heavy atom. The van der Waals surface area contributed by atoms with E-state index in [0.29, 0.717) is 5.56 Å². The molecule has 0 atom stereocenters. The maximum absolute atomic E-state index is 12.6. The molecule has 0 aromatic heterocycles. The minimum absolute atomic E-state index is 0.0537. The Hall–Kier alpha value is -2.80. The fourth-order valence-corrected chi connectivity index (χ4v) is 4.31. The summed E-state index contributed by atoms with van der Waals surface area (Å²) in [6, 6.07) is 9.17. The van der Waals surface area contributed by atoms with E-state index in [0.717, 1.165) is 0 Å². The van der Waals surface area contributed by atoms with Gasteiger partial charge in [0.2, 0.25) is 5.75 Å². The number of aromatic hydroxyl groups is 1. The van der Waals surface area contributed by atoms with Crippen molar-refractivity contribution in [3.63, 3.8) is 0 Å². The molecule has 7 heteroatoms. The second-order valence-electron chi connectivity index (χ2n) is 5.53. The van der Waals surface area contributed by atoms with Crippen LogP contribution in [0.1, 0.15) is 15.9 Å². The highest BCUT2D eigenvalue weighted by molar-refractivity contribution is 7.91. The number of hydrogen-bond acceptors (Lipinski definition) is 6. The molecule has 6 nitrogen and oxygen atoms in total. The Balaban J connectivity index is 2.13. The number of phenols is 1. The number of sulfone groups is 1. The van der Waals surface area contributed by atoms with Crippen molar-refractivity contribution in [2.75, 3.05) is 20.0 Å². The van der Waals surface area contributed by atoms with Crippen molar-refractivity contribution in [2.24, 2.45) is 0 Å². The molecule has 1 N–H and O–H groups in total. The van der Waals surface area contributed by atoms with Crippen LogP contribution >= 0.6 is 0 Å². The molecule has 0 fully saturated rings. The molecule has 1 aliphatic rings. The number of ether oxygens (including phenoxy) is 2. The molecule has 2 aromatic rings. The van der Waals surface area contributed by atoms with Gasteiger partial charge in [-0.15, -0.1) is 0 Å². The van der Waals surface area contributed by atoms with Crippen molar-refractivity contribution in [1.82, 2.24) is 0 Å². The van der Waals surface area contributed by atoms with Crippen LogP contribution in [0.2, 0.25) is 0 Å². The smallest absolute Gasteiger partial charge is 0.200 e. The zero-order valence-corrected chi connectivity index (χ0v) is 14.5. The third-order valence-corrected chi connectivity index (χ3v) is 5.66. The van der Waals surface area contributed by atoms with Gasteiger partial charge in [0.1, 0.15) is 0 Å². The Kier molecular flexibility index (Phi) is 4.26. The Morgan fingerprint density at radius 1 is 1.08 bits per heavy atom. The van der Waals surface area contributed by atoms with Crippen molar-refractivity contribution in [3.05, 3.63) is 53.1 Å². The number of carbonyl (C=O) groups excluding carboxylic acids is 1. The summed E-state index contributed by atoms with van der Waals surface area (Å²) >= 11 is 0. The highest BCUT2D eigenvalue weighted by Crippen LogP contribution is 2.38. The van der Waals surface area contributed by atoms with Crippen molar-refractivity contribution in [2.45, 2.75) is 4.90 Å². The van der Waals surface area contributed by atoms with Crippen LogP contribution in [-0.2, 0) is 9.84 Å². The molecule has 0 saturated heterocycles. The van der Waals surface area contributed by atoms with E-state index in [4.69, 9.17) is 9.47 Å². The second-order valence-corrected chi connectivity index (χ2v) is 7.49. The fourth-order valence-electron chi connectivity index (χ4n) is 2.75. The molecule has 0 saturated carbocycles. The predicted octanol–water partition coefficient (Wildman–Crippen LogP) is 2.46. The molecule has 0 aliphatic carbocycles. The summed E-state index contributed by atoms with van der Waals surface area (Å²) in [6.45, 7) is 0. The van der Waals surface area contributed by atoms with Crippen molar-refractivity contribution >= 4 is 21.7 Å². The van der Waals surface area contributed by atoms with Gasteiger partial charge in [0.15, 0.2) is 27.1 Å². The van der Waals surface area contributed by atoms with Gasteiger partial charge in [-0.2, -0.15) is 0 Å². The first-order valence-electron chi connectivity index (χ1n) is 7.39. The van der Waals surface area contributed by atoms with E-state index in [9.17, 15) is 18.3 Å². The lowest BCUT2D eigenvalue weighted by Gasteiger charge is -2.18. The van der Waals surface area contributed by atoms with E-state index < -0.39 is 9.84 Å². The van der Waals surface area contributed by atoms with Crippen molar-refractivity contribution in [3.8, 4) is 17.2 Å². The summed E-state index contributed by atoms with van der Waals surface area (Å²) in [5.74, 6) is -0.555. The van der Waals surface area contributed by atoms with Crippen LogP contribution in [0.15, 0.2) is 46.9 Å². The largest absolute Gasteiger partial charge is 0.502 e. The van der Waals surface area contributed by atoms with Gasteiger partial charge >= 0.3 is 0 Å². The average Bonchev–Trinajstić information content (AvgIpc) is 2.60. The number of hydrogen-bond donors (Lipinski definition) is 1. The summed E-state index contributed by atoms with van der Waals surface area (Å²) in [6.07, 6.45) is 1.47. The third-order valence-electron chi connectivity index (χ3n) is 3.95. The lowest BCUT2D eigenvalue weighted by molar-refractivity contribution is 0.103. The van der Waals surface area contributed by atoms with Gasteiger partial charge in [-0.05, 0) is 35.9 Å². The summed E-state index contributed by atoms with van der Waals surface area (Å²) in [5.41, 5.74) is 0.802. The maximum Gasteiger partial charge on any atom is 0.200 e. The molecule has 0 unspecified atom stereocenters. The standard InChI is InChI=1S/C18H16O6S/c1-23-14-8-11(9-15(24-2)18(14)20)7-12-10-25(21,22)16-6-4-3-5-13(16)17(12)19/h3-9,20H,10H2,1-2H3/b12-7+. The number of phenolic OH excluding ortho intramolecular Hbond substituents is 1. The van der Waals surface area contributed by atoms with Crippen LogP contribution in [0.4, 0.5) is 0 Å². The first-order valence-corrected chi connectivity index (χ1v) is 9.04. The molecule has 2 aromatic carbocycles. The number of methoxy groups -OCH3 is 2. The normalized spacial score (nSPS) is 17.2. The molecule has 0 radical (unpaired) electrons. The zero-order chi connectivity index (χ0) is 18.2. The van der Waals surface area contributed by atoms with Gasteiger partial charge in [-0.3, -0.25) is 4.79 Å². The molecule has 0 spiro atoms. The Morgan fingerprint density at radius 3 is 2.28 bits per heavy atom. The van der Waals surface area contributed by atoms with Gasteiger partial charge in [-0.1, -0.05) is 12.1 Å². The van der Waals surface area contributed by atoms with Gasteiger partial charge in [0.05, 0.1) is 24.9 Å². The number of ketones is 1. The molecule has 0 bridgehead atoms. The van der Waals surface area contributed by atoms with Gasteiger partial charge in [0.25, 0.3) is 0 Å². The Bertz CT molecular complexity index is 963. The molecular formula is C18H16O6S. The molecule has 25 heavy (non-hydrogen) atoms. The van der Waals surface area contributed by atoms with Gasteiger partial charge in [0, 0.05) is 11.1 Å². The topological polar surface area (TPSA) is 89.9 Å². The third kappa shape index (κ3) is 2.98. The molecule has 3 rings (SSSR count). The van der Waals surface area contributed by atoms with Gasteiger partial charge < -0.3 is 14.6 Å². The molecule has 1 heterocycles. The minimum atomic E-state index is -3.58. The van der Waals surface area contributed by atoms with Crippen LogP contribution in [0.25, 0.3) is 6.08 Å². The lowest BCUT2D eigenvalue weighted by Crippen LogP contribution is -2.24. The number of Topliss-reactive ketones (excluding diaryl/α,β-unsaturated/α-hetero) is 1. The van der Waals surface area contributed by atoms with Gasteiger partial charge in [-0.25, -0.2) is 8.42 Å². The number of fused-ring (bicyclic) bond motifs is 1. The van der Waals surface area contributed by atoms with Crippen LogP contribution in [0, 0.1) is 0 Å². The summed E-state index contributed by atoms with van der Waals surface area (Å²) in [7, 11) is -0.811. The molecule has 130 valence electrons. The van der Waals surface area contributed by atoms with Crippen molar-refractivity contribution in [1.29, 1.82) is 0 Å². The highest BCUT2D eigenvalue weighted by Gasteiger charge is 2.32. The first kappa shape index (κ1) is 17.0. The number of carbonyl (C=O) groups is 1. The van der Waals surface area contributed by atoms with E-state index >= 15 is 0 Å². The van der Waals surface area contributed by atoms with Crippen LogP contribution < -0.4 is 9.47 Å². The quantitative estimate of drug-likeness (QED) is 0.846. The average molecular weight is 360 g/mol. The predicted molar refractivity (Wildman–Crippen MR) is 92.0 cm³/mol. The molecule has 1 aliphatic heterocycles. The number of rotatable bonds is 3. The lowest BCUT2D eigenvalue weighted by atomic mass is 10.0. The summed E-state index contributed by atoms with van der Waals surface area (Å²) in [5, 5.41) is 9.95. The molecular weight excluding hydrogens is 344 g/mol. The minimum Gasteiger partial charge on any atom is -0.502 e. The van der Waals surface area contributed by atoms with Crippen LogP contribution in [-0.4, -0.2) is 39.3 Å². The monoisotopic (exact) mass is 360 g/mol. The summed E-state index contributed by atoms with van der Waals surface area (Å²) < 4.78 is 35.0.